The van der Waals surface area contributed by atoms with Gasteiger partial charge in [-0.25, -0.2) is 0 Å². The Kier molecular flexibility index (Phi) is 4.91. The fraction of sp³-hybridized carbons (Fsp3) is 0.947. The van der Waals surface area contributed by atoms with Gasteiger partial charge in [0.2, 0.25) is 0 Å². The zero-order valence-electron chi connectivity index (χ0n) is 15.6. The van der Waals surface area contributed by atoms with Gasteiger partial charge in [-0.1, -0.05) is 27.7 Å². The van der Waals surface area contributed by atoms with Crippen molar-refractivity contribution in [1.82, 2.24) is 10.2 Å². The zero-order chi connectivity index (χ0) is 16.6. The van der Waals surface area contributed by atoms with E-state index in [1.165, 1.54) is 25.8 Å². The maximum Gasteiger partial charge on any atom is 0.194 e. The first kappa shape index (κ1) is 17.1. The molecule has 3 rings (SSSR count). The molecule has 4 unspecified atom stereocenters. The Labute approximate surface area is 142 Å². The van der Waals surface area contributed by atoms with E-state index in [1.807, 2.05) is 0 Å². The fourth-order valence-electron chi connectivity index (χ4n) is 5.03. The standard InChI is InChI=1S/C19H35N3O/c1-6-20-18(22-9-7-14(12-22)11-13(2)3)21-16-15-8-10-23-17(15)19(16,4)5/h13-17H,6-12H2,1-5H3,(H,20,21). The SMILES string of the molecule is CCN=C(NC1C2CCOC2C1(C)C)N1CCC(CC(C)C)C1. The topological polar surface area (TPSA) is 36.9 Å². The lowest BCUT2D eigenvalue weighted by Crippen LogP contribution is -2.68. The third kappa shape index (κ3) is 3.24. The molecular weight excluding hydrogens is 286 g/mol. The molecule has 0 amide bonds. The molecule has 2 heterocycles. The largest absolute Gasteiger partial charge is 0.377 e. The van der Waals surface area contributed by atoms with Crippen LogP contribution in [0.3, 0.4) is 0 Å². The van der Waals surface area contributed by atoms with Crippen LogP contribution in [-0.4, -0.2) is 49.2 Å². The van der Waals surface area contributed by atoms with Gasteiger partial charge in [0.1, 0.15) is 0 Å². The highest BCUT2D eigenvalue weighted by Crippen LogP contribution is 2.52. The summed E-state index contributed by atoms with van der Waals surface area (Å²) in [5.41, 5.74) is 0.215. The summed E-state index contributed by atoms with van der Waals surface area (Å²) < 4.78 is 5.93. The summed E-state index contributed by atoms with van der Waals surface area (Å²) in [6.45, 7) is 15.6. The number of rotatable bonds is 4. The first-order valence-electron chi connectivity index (χ1n) is 9.61. The van der Waals surface area contributed by atoms with Crippen molar-refractivity contribution >= 4 is 5.96 Å². The van der Waals surface area contributed by atoms with Gasteiger partial charge in [-0.05, 0) is 38.0 Å². The number of fused-ring (bicyclic) bond motifs is 1. The fourth-order valence-corrected chi connectivity index (χ4v) is 5.03. The molecule has 3 aliphatic rings. The van der Waals surface area contributed by atoms with Crippen LogP contribution < -0.4 is 5.32 Å². The molecule has 0 bridgehead atoms. The molecule has 1 N–H and O–H groups in total. The third-order valence-corrected chi connectivity index (χ3v) is 6.08. The van der Waals surface area contributed by atoms with E-state index in [2.05, 4.69) is 44.8 Å². The second kappa shape index (κ2) is 6.62. The van der Waals surface area contributed by atoms with E-state index in [0.29, 0.717) is 18.1 Å². The summed E-state index contributed by atoms with van der Waals surface area (Å²) in [7, 11) is 0. The van der Waals surface area contributed by atoms with Gasteiger partial charge in [0.05, 0.1) is 6.10 Å². The van der Waals surface area contributed by atoms with E-state index >= 15 is 0 Å². The van der Waals surface area contributed by atoms with Crippen LogP contribution in [0.5, 0.6) is 0 Å². The van der Waals surface area contributed by atoms with Crippen molar-refractivity contribution in [3.05, 3.63) is 0 Å². The van der Waals surface area contributed by atoms with E-state index in [1.54, 1.807) is 0 Å². The van der Waals surface area contributed by atoms with Crippen molar-refractivity contribution < 1.29 is 4.74 Å². The third-order valence-electron chi connectivity index (χ3n) is 6.08. The van der Waals surface area contributed by atoms with Gasteiger partial charge in [0, 0.05) is 43.6 Å². The molecule has 2 aliphatic heterocycles. The summed E-state index contributed by atoms with van der Waals surface area (Å²) in [4.78, 5) is 7.31. The Bertz CT molecular complexity index is 446. The van der Waals surface area contributed by atoms with Gasteiger partial charge in [-0.15, -0.1) is 0 Å². The maximum absolute atomic E-state index is 5.93. The molecule has 1 aliphatic carbocycles. The smallest absolute Gasteiger partial charge is 0.194 e. The number of nitrogens with one attached hydrogen (secondary N) is 1. The van der Waals surface area contributed by atoms with E-state index in [4.69, 9.17) is 9.73 Å². The molecule has 0 aromatic carbocycles. The van der Waals surface area contributed by atoms with Crippen LogP contribution in [0.4, 0.5) is 0 Å². The normalized spacial score (nSPS) is 36.3. The Morgan fingerprint density at radius 2 is 2.13 bits per heavy atom. The monoisotopic (exact) mass is 321 g/mol. The minimum absolute atomic E-state index is 0.215. The first-order valence-corrected chi connectivity index (χ1v) is 9.61. The molecule has 4 atom stereocenters. The second-order valence-electron chi connectivity index (χ2n) is 8.72. The van der Waals surface area contributed by atoms with Crippen molar-refractivity contribution in [2.75, 3.05) is 26.2 Å². The molecule has 0 aromatic heterocycles. The highest BCUT2D eigenvalue weighted by Gasteiger charge is 2.59. The predicted octanol–water partition coefficient (Wildman–Crippen LogP) is 3.13. The Hall–Kier alpha value is -0.770. The predicted molar refractivity (Wildman–Crippen MR) is 95.7 cm³/mol. The minimum atomic E-state index is 0.215. The Morgan fingerprint density at radius 1 is 1.35 bits per heavy atom. The van der Waals surface area contributed by atoms with Gasteiger partial charge in [-0.3, -0.25) is 4.99 Å². The van der Waals surface area contributed by atoms with Crippen LogP contribution in [0.25, 0.3) is 0 Å². The molecule has 1 saturated carbocycles. The molecule has 0 radical (unpaired) electrons. The van der Waals surface area contributed by atoms with Crippen LogP contribution >= 0.6 is 0 Å². The van der Waals surface area contributed by atoms with E-state index < -0.39 is 0 Å². The van der Waals surface area contributed by atoms with Crippen molar-refractivity contribution in [1.29, 1.82) is 0 Å². The van der Waals surface area contributed by atoms with Gasteiger partial charge < -0.3 is 15.0 Å². The van der Waals surface area contributed by atoms with E-state index in [9.17, 15) is 0 Å². The number of nitrogens with zero attached hydrogens (tertiary/aromatic N) is 2. The molecule has 132 valence electrons. The molecule has 0 aromatic rings. The van der Waals surface area contributed by atoms with E-state index in [0.717, 1.165) is 37.5 Å². The quantitative estimate of drug-likeness (QED) is 0.638. The summed E-state index contributed by atoms with van der Waals surface area (Å²) in [6, 6.07) is 0.504. The lowest BCUT2D eigenvalue weighted by atomic mass is 9.57. The molecule has 2 saturated heterocycles. The highest BCUT2D eigenvalue weighted by atomic mass is 16.5. The highest BCUT2D eigenvalue weighted by molar-refractivity contribution is 5.81. The van der Waals surface area contributed by atoms with Gasteiger partial charge in [0.15, 0.2) is 5.96 Å². The lowest BCUT2D eigenvalue weighted by molar-refractivity contribution is -0.107. The summed E-state index contributed by atoms with van der Waals surface area (Å²) in [5, 5.41) is 3.83. The van der Waals surface area contributed by atoms with Crippen LogP contribution in [0.2, 0.25) is 0 Å². The average Bonchev–Trinajstić information content (AvgIpc) is 3.10. The second-order valence-corrected chi connectivity index (χ2v) is 8.72. The number of hydrogen-bond donors (Lipinski definition) is 1. The number of guanidine groups is 1. The van der Waals surface area contributed by atoms with Crippen molar-refractivity contribution in [3.63, 3.8) is 0 Å². The van der Waals surface area contributed by atoms with Gasteiger partial charge in [0.25, 0.3) is 0 Å². The molecule has 0 spiro atoms. The van der Waals surface area contributed by atoms with Crippen LogP contribution in [0.15, 0.2) is 4.99 Å². The van der Waals surface area contributed by atoms with Crippen LogP contribution in [-0.2, 0) is 4.74 Å². The number of ether oxygens (including phenoxy) is 1. The molecule has 3 fully saturated rings. The molecule has 4 nitrogen and oxygen atoms in total. The van der Waals surface area contributed by atoms with Crippen LogP contribution in [0.1, 0.15) is 53.9 Å². The minimum Gasteiger partial charge on any atom is -0.377 e. The average molecular weight is 322 g/mol. The molecule has 4 heteroatoms. The first-order chi connectivity index (χ1) is 10.9. The zero-order valence-corrected chi connectivity index (χ0v) is 15.6. The van der Waals surface area contributed by atoms with Crippen LogP contribution in [0, 0.1) is 23.2 Å². The van der Waals surface area contributed by atoms with Crippen molar-refractivity contribution in [2.45, 2.75) is 66.0 Å². The lowest BCUT2D eigenvalue weighted by Gasteiger charge is -2.55. The Morgan fingerprint density at radius 3 is 2.83 bits per heavy atom. The summed E-state index contributed by atoms with van der Waals surface area (Å²) in [6.07, 6.45) is 4.28. The number of hydrogen-bond acceptors (Lipinski definition) is 2. The maximum atomic E-state index is 5.93. The van der Waals surface area contributed by atoms with Crippen molar-refractivity contribution in [2.24, 2.45) is 28.2 Å². The van der Waals surface area contributed by atoms with E-state index in [-0.39, 0.29) is 5.41 Å². The number of aliphatic imine (C=N–C) groups is 1. The molecular formula is C19H35N3O. The summed E-state index contributed by atoms with van der Waals surface area (Å²) in [5.74, 6) is 3.43. The van der Waals surface area contributed by atoms with Gasteiger partial charge in [-0.2, -0.15) is 0 Å². The molecule has 23 heavy (non-hydrogen) atoms. The van der Waals surface area contributed by atoms with Gasteiger partial charge >= 0.3 is 0 Å². The summed E-state index contributed by atoms with van der Waals surface area (Å²) >= 11 is 0. The number of likely N-dealkylation sites (tertiary alicyclic amines) is 1. The Balaban J connectivity index is 1.63. The van der Waals surface area contributed by atoms with Crippen molar-refractivity contribution in [3.8, 4) is 0 Å².